The van der Waals surface area contributed by atoms with Gasteiger partial charge in [-0.25, -0.2) is 9.48 Å². The molecule has 0 aromatic carbocycles. The number of aromatic carboxylic acids is 1. The summed E-state index contributed by atoms with van der Waals surface area (Å²) < 4.78 is 39.0. The predicted octanol–water partition coefficient (Wildman–Crippen LogP) is 2.41. The topological polar surface area (TPSA) is 68.0 Å². The van der Waals surface area contributed by atoms with Crippen LogP contribution >= 0.6 is 12.4 Å². The Balaban J connectivity index is 0.00000180. The van der Waals surface area contributed by atoms with Gasteiger partial charge in [-0.1, -0.05) is 0 Å². The van der Waals surface area contributed by atoms with Gasteiger partial charge in [0, 0.05) is 6.20 Å². The molecule has 0 amide bonds. The Bertz CT molecular complexity index is 583. The van der Waals surface area contributed by atoms with Gasteiger partial charge in [-0.05, 0) is 12.1 Å². The molecule has 0 aliphatic carbocycles. The molecule has 0 saturated carbocycles. The van der Waals surface area contributed by atoms with E-state index >= 15 is 0 Å². The van der Waals surface area contributed by atoms with E-state index in [1.165, 1.54) is 18.3 Å². The molecule has 0 aliphatic heterocycles. The second kappa shape index (κ2) is 5.27. The number of carboxylic acids is 1. The molecular formula is C10H7ClF3N3O2. The minimum atomic E-state index is -4.82. The monoisotopic (exact) mass is 293 g/mol. The van der Waals surface area contributed by atoms with E-state index in [4.69, 9.17) is 5.11 Å². The summed E-state index contributed by atoms with van der Waals surface area (Å²) in [5.74, 6) is -1.68. The van der Waals surface area contributed by atoms with Gasteiger partial charge in [0.1, 0.15) is 5.56 Å². The lowest BCUT2D eigenvalue weighted by atomic mass is 10.2. The van der Waals surface area contributed by atoms with Crippen LogP contribution in [0.5, 0.6) is 0 Å². The summed E-state index contributed by atoms with van der Waals surface area (Å²) >= 11 is 0. The number of rotatable bonds is 2. The van der Waals surface area contributed by atoms with Crippen LogP contribution in [-0.4, -0.2) is 25.8 Å². The number of nitrogens with zero attached hydrogens (tertiary/aromatic N) is 3. The molecule has 2 heterocycles. The third-order valence-corrected chi connectivity index (χ3v) is 2.16. The summed E-state index contributed by atoms with van der Waals surface area (Å²) in [4.78, 5) is 14.4. The molecule has 2 rings (SSSR count). The number of halogens is 4. The molecule has 1 N–H and O–H groups in total. The number of pyridine rings is 1. The van der Waals surface area contributed by atoms with E-state index in [0.29, 0.717) is 10.9 Å². The van der Waals surface area contributed by atoms with Crippen LogP contribution in [0.4, 0.5) is 13.2 Å². The molecule has 19 heavy (non-hydrogen) atoms. The quantitative estimate of drug-likeness (QED) is 0.923. The molecule has 2 aromatic rings. The molecule has 0 aliphatic rings. The standard InChI is InChI=1S/C10H6F3N3O2.ClH/c11-10(12,13)8-7(9(17)18)5-15-16(8)6-2-1-3-14-4-6;/h1-5H,(H,17,18);1H. The smallest absolute Gasteiger partial charge is 0.434 e. The van der Waals surface area contributed by atoms with Gasteiger partial charge in [0.05, 0.1) is 18.1 Å². The second-order valence-electron chi connectivity index (χ2n) is 3.33. The van der Waals surface area contributed by atoms with Crippen LogP contribution in [0.15, 0.2) is 30.7 Å². The number of carboxylic acid groups (broad SMARTS) is 1. The first-order valence-corrected chi connectivity index (χ1v) is 4.70. The molecular weight excluding hydrogens is 287 g/mol. The van der Waals surface area contributed by atoms with Gasteiger partial charge in [0.2, 0.25) is 0 Å². The minimum Gasteiger partial charge on any atom is -0.478 e. The lowest BCUT2D eigenvalue weighted by Crippen LogP contribution is -2.17. The molecule has 0 unspecified atom stereocenters. The van der Waals surface area contributed by atoms with E-state index in [1.54, 1.807) is 0 Å². The first kappa shape index (κ1) is 15.0. The van der Waals surface area contributed by atoms with Gasteiger partial charge < -0.3 is 5.11 Å². The van der Waals surface area contributed by atoms with Crippen LogP contribution in [0.1, 0.15) is 16.1 Å². The van der Waals surface area contributed by atoms with Crippen LogP contribution in [0.25, 0.3) is 5.69 Å². The Kier molecular flexibility index (Phi) is 4.15. The zero-order valence-electron chi connectivity index (χ0n) is 9.13. The molecule has 102 valence electrons. The molecule has 0 radical (unpaired) electrons. The summed E-state index contributed by atoms with van der Waals surface area (Å²) in [6, 6.07) is 2.78. The summed E-state index contributed by atoms with van der Waals surface area (Å²) in [5.41, 5.74) is -2.19. The van der Waals surface area contributed by atoms with Crippen molar-refractivity contribution < 1.29 is 23.1 Å². The Morgan fingerprint density at radius 3 is 2.47 bits per heavy atom. The highest BCUT2D eigenvalue weighted by atomic mass is 35.5. The van der Waals surface area contributed by atoms with Gasteiger partial charge in [-0.2, -0.15) is 18.3 Å². The van der Waals surface area contributed by atoms with E-state index in [0.717, 1.165) is 6.20 Å². The number of hydrogen-bond donors (Lipinski definition) is 1. The summed E-state index contributed by atoms with van der Waals surface area (Å²) in [6.07, 6.45) is -1.61. The number of carbonyl (C=O) groups is 1. The molecule has 0 atom stereocenters. The van der Waals surface area contributed by atoms with Gasteiger partial charge in [0.25, 0.3) is 0 Å². The first-order valence-electron chi connectivity index (χ1n) is 4.70. The third kappa shape index (κ3) is 2.84. The van der Waals surface area contributed by atoms with E-state index in [9.17, 15) is 18.0 Å². The molecule has 0 bridgehead atoms. The van der Waals surface area contributed by atoms with Crippen LogP contribution in [-0.2, 0) is 6.18 Å². The van der Waals surface area contributed by atoms with E-state index in [-0.39, 0.29) is 18.1 Å². The molecule has 0 saturated heterocycles. The summed E-state index contributed by atoms with van der Waals surface area (Å²) in [6.45, 7) is 0. The van der Waals surface area contributed by atoms with Crippen molar-refractivity contribution in [3.63, 3.8) is 0 Å². The van der Waals surface area contributed by atoms with Crippen molar-refractivity contribution >= 4 is 18.4 Å². The van der Waals surface area contributed by atoms with E-state index < -0.39 is 23.4 Å². The van der Waals surface area contributed by atoms with Crippen LogP contribution in [0.3, 0.4) is 0 Å². The summed E-state index contributed by atoms with van der Waals surface area (Å²) in [5, 5.41) is 12.2. The summed E-state index contributed by atoms with van der Waals surface area (Å²) in [7, 11) is 0. The van der Waals surface area contributed by atoms with Gasteiger partial charge in [-0.3, -0.25) is 4.98 Å². The fourth-order valence-electron chi connectivity index (χ4n) is 1.45. The third-order valence-electron chi connectivity index (χ3n) is 2.16. The van der Waals surface area contributed by atoms with Crippen LogP contribution in [0.2, 0.25) is 0 Å². The average molecular weight is 294 g/mol. The lowest BCUT2D eigenvalue weighted by molar-refractivity contribution is -0.143. The largest absolute Gasteiger partial charge is 0.478 e. The highest BCUT2D eigenvalue weighted by Crippen LogP contribution is 2.33. The van der Waals surface area contributed by atoms with Crippen LogP contribution < -0.4 is 0 Å². The zero-order valence-corrected chi connectivity index (χ0v) is 9.94. The predicted molar refractivity (Wildman–Crippen MR) is 60.6 cm³/mol. The van der Waals surface area contributed by atoms with Gasteiger partial charge >= 0.3 is 12.1 Å². The van der Waals surface area contributed by atoms with Crippen molar-refractivity contribution in [2.24, 2.45) is 0 Å². The van der Waals surface area contributed by atoms with Crippen molar-refractivity contribution in [1.82, 2.24) is 14.8 Å². The fourth-order valence-corrected chi connectivity index (χ4v) is 1.45. The number of hydrogen-bond acceptors (Lipinski definition) is 3. The highest BCUT2D eigenvalue weighted by Gasteiger charge is 2.40. The molecule has 2 aromatic heterocycles. The lowest BCUT2D eigenvalue weighted by Gasteiger charge is -2.10. The highest BCUT2D eigenvalue weighted by molar-refractivity contribution is 5.89. The van der Waals surface area contributed by atoms with Gasteiger partial charge in [0.15, 0.2) is 5.69 Å². The first-order chi connectivity index (χ1) is 8.41. The Hall–Kier alpha value is -2.09. The van der Waals surface area contributed by atoms with E-state index in [1.807, 2.05) is 0 Å². The Morgan fingerprint density at radius 1 is 1.32 bits per heavy atom. The number of aromatic nitrogens is 3. The normalized spacial score (nSPS) is 10.9. The average Bonchev–Trinajstić information content (AvgIpc) is 2.74. The van der Waals surface area contributed by atoms with Crippen molar-refractivity contribution in [2.45, 2.75) is 6.18 Å². The Morgan fingerprint density at radius 2 is 2.00 bits per heavy atom. The fraction of sp³-hybridized carbons (Fsp3) is 0.100. The maximum absolute atomic E-state index is 12.8. The second-order valence-corrected chi connectivity index (χ2v) is 3.33. The van der Waals surface area contributed by atoms with Crippen molar-refractivity contribution in [2.75, 3.05) is 0 Å². The molecule has 5 nitrogen and oxygen atoms in total. The van der Waals surface area contributed by atoms with Crippen molar-refractivity contribution in [1.29, 1.82) is 0 Å². The van der Waals surface area contributed by atoms with Crippen LogP contribution in [0, 0.1) is 0 Å². The number of alkyl halides is 3. The molecule has 0 fully saturated rings. The van der Waals surface area contributed by atoms with Crippen molar-refractivity contribution in [3.8, 4) is 5.69 Å². The Labute approximate surface area is 111 Å². The molecule has 9 heteroatoms. The van der Waals surface area contributed by atoms with Crippen molar-refractivity contribution in [3.05, 3.63) is 42.0 Å². The van der Waals surface area contributed by atoms with Gasteiger partial charge in [-0.15, -0.1) is 12.4 Å². The maximum atomic E-state index is 12.8. The molecule has 0 spiro atoms. The SMILES string of the molecule is Cl.O=C(O)c1cnn(-c2cccnc2)c1C(F)(F)F. The zero-order chi connectivity index (χ0) is 13.3. The maximum Gasteiger partial charge on any atom is 0.434 e. The van der Waals surface area contributed by atoms with E-state index in [2.05, 4.69) is 10.1 Å². The minimum absolute atomic E-state index is 0.